The van der Waals surface area contributed by atoms with Crippen LogP contribution in [0.2, 0.25) is 0 Å². The summed E-state index contributed by atoms with van der Waals surface area (Å²) < 4.78 is 10.5. The van der Waals surface area contributed by atoms with E-state index >= 15 is 0 Å². The fourth-order valence-corrected chi connectivity index (χ4v) is 4.34. The van der Waals surface area contributed by atoms with Gasteiger partial charge in [-0.2, -0.15) is 0 Å². The SMILES string of the molecule is COCOc1ccc(CN(Cc2ccc(C(C)(C)C)cc2)Cc2cc3cc(C)ccc3[nH]c2=O)cc1. The van der Waals surface area contributed by atoms with E-state index in [1.165, 1.54) is 16.7 Å². The average Bonchev–Trinajstić information content (AvgIpc) is 2.84. The monoisotopic (exact) mass is 484 g/mol. The minimum atomic E-state index is -0.0391. The number of nitrogens with zero attached hydrogens (tertiary/aromatic N) is 1. The second-order valence-corrected chi connectivity index (χ2v) is 10.5. The lowest BCUT2D eigenvalue weighted by Gasteiger charge is -2.24. The van der Waals surface area contributed by atoms with Crippen molar-refractivity contribution in [1.29, 1.82) is 0 Å². The molecule has 5 heteroatoms. The Morgan fingerprint density at radius 1 is 0.833 bits per heavy atom. The maximum absolute atomic E-state index is 12.9. The highest BCUT2D eigenvalue weighted by Gasteiger charge is 2.15. The molecule has 188 valence electrons. The summed E-state index contributed by atoms with van der Waals surface area (Å²) in [6, 6.07) is 25.0. The molecule has 1 heterocycles. The molecule has 0 saturated carbocycles. The lowest BCUT2D eigenvalue weighted by molar-refractivity contribution is 0.0511. The quantitative estimate of drug-likeness (QED) is 0.283. The number of benzene rings is 3. The molecule has 0 aliphatic carbocycles. The van der Waals surface area contributed by atoms with Gasteiger partial charge in [0.2, 0.25) is 0 Å². The molecular formula is C31H36N2O3. The van der Waals surface area contributed by atoms with Gasteiger partial charge in [-0.1, -0.05) is 68.8 Å². The fraction of sp³-hybridized carbons (Fsp3) is 0.323. The Hall–Kier alpha value is -3.41. The number of rotatable bonds is 9. The zero-order valence-corrected chi connectivity index (χ0v) is 21.9. The summed E-state index contributed by atoms with van der Waals surface area (Å²) in [7, 11) is 1.61. The van der Waals surface area contributed by atoms with E-state index in [0.29, 0.717) is 13.1 Å². The summed E-state index contributed by atoms with van der Waals surface area (Å²) in [6.07, 6.45) is 0. The minimum absolute atomic E-state index is 0.0391. The molecule has 0 unspecified atom stereocenters. The molecule has 0 bridgehead atoms. The van der Waals surface area contributed by atoms with E-state index in [0.717, 1.165) is 34.3 Å². The van der Waals surface area contributed by atoms with Crippen molar-refractivity contribution in [3.8, 4) is 5.75 Å². The van der Waals surface area contributed by atoms with Gasteiger partial charge in [-0.15, -0.1) is 0 Å². The number of nitrogens with one attached hydrogen (secondary N) is 1. The van der Waals surface area contributed by atoms with Crippen molar-refractivity contribution in [3.05, 3.63) is 111 Å². The normalized spacial score (nSPS) is 11.8. The summed E-state index contributed by atoms with van der Waals surface area (Å²) in [5.41, 5.74) is 6.56. The number of aryl methyl sites for hydroxylation is 1. The van der Waals surface area contributed by atoms with Crippen molar-refractivity contribution < 1.29 is 9.47 Å². The van der Waals surface area contributed by atoms with Gasteiger partial charge >= 0.3 is 0 Å². The number of fused-ring (bicyclic) bond motifs is 1. The first-order chi connectivity index (χ1) is 17.2. The third kappa shape index (κ3) is 6.62. The molecule has 0 spiro atoms. The van der Waals surface area contributed by atoms with Crippen LogP contribution in [0.5, 0.6) is 5.75 Å². The number of H-pyrrole nitrogens is 1. The Morgan fingerprint density at radius 2 is 1.47 bits per heavy atom. The molecule has 0 atom stereocenters. The van der Waals surface area contributed by atoms with E-state index in [4.69, 9.17) is 9.47 Å². The predicted molar refractivity (Wildman–Crippen MR) is 146 cm³/mol. The van der Waals surface area contributed by atoms with Gasteiger partial charge in [0.1, 0.15) is 5.75 Å². The van der Waals surface area contributed by atoms with Crippen LogP contribution in [0.1, 0.15) is 48.6 Å². The first kappa shape index (κ1) is 25.7. The van der Waals surface area contributed by atoms with Crippen LogP contribution in [0.4, 0.5) is 0 Å². The van der Waals surface area contributed by atoms with E-state index in [-0.39, 0.29) is 17.8 Å². The maximum atomic E-state index is 12.9. The van der Waals surface area contributed by atoms with Gasteiger partial charge in [0.25, 0.3) is 5.56 Å². The topological polar surface area (TPSA) is 54.6 Å². The van der Waals surface area contributed by atoms with Crippen LogP contribution in [-0.4, -0.2) is 23.8 Å². The Kier molecular flexibility index (Phi) is 7.92. The van der Waals surface area contributed by atoms with Gasteiger partial charge in [-0.05, 0) is 64.7 Å². The van der Waals surface area contributed by atoms with Gasteiger partial charge in [-0.3, -0.25) is 9.69 Å². The number of pyridine rings is 1. The molecule has 0 amide bonds. The summed E-state index contributed by atoms with van der Waals surface area (Å²) >= 11 is 0. The highest BCUT2D eigenvalue weighted by molar-refractivity contribution is 5.79. The van der Waals surface area contributed by atoms with Crippen molar-refractivity contribution in [2.75, 3.05) is 13.9 Å². The summed E-state index contributed by atoms with van der Waals surface area (Å²) in [5, 5.41) is 1.05. The molecule has 3 aromatic carbocycles. The second kappa shape index (κ2) is 11.1. The van der Waals surface area contributed by atoms with Gasteiger partial charge in [-0.25, -0.2) is 0 Å². The van der Waals surface area contributed by atoms with Crippen molar-refractivity contribution in [2.45, 2.75) is 52.7 Å². The summed E-state index contributed by atoms with van der Waals surface area (Å²) in [4.78, 5) is 18.3. The van der Waals surface area contributed by atoms with Gasteiger partial charge in [0, 0.05) is 37.8 Å². The van der Waals surface area contributed by atoms with Crippen molar-refractivity contribution in [2.24, 2.45) is 0 Å². The molecule has 0 aliphatic rings. The molecule has 1 aromatic heterocycles. The number of hydrogen-bond donors (Lipinski definition) is 1. The molecule has 1 N–H and O–H groups in total. The van der Waals surface area contributed by atoms with Crippen molar-refractivity contribution in [1.82, 2.24) is 9.88 Å². The van der Waals surface area contributed by atoms with E-state index in [2.05, 4.69) is 80.0 Å². The van der Waals surface area contributed by atoms with Crippen LogP contribution in [0, 0.1) is 6.92 Å². The minimum Gasteiger partial charge on any atom is -0.468 e. The van der Waals surface area contributed by atoms with E-state index in [1.807, 2.05) is 30.3 Å². The van der Waals surface area contributed by atoms with Crippen LogP contribution in [-0.2, 0) is 29.8 Å². The van der Waals surface area contributed by atoms with Gasteiger partial charge < -0.3 is 14.5 Å². The second-order valence-electron chi connectivity index (χ2n) is 10.5. The van der Waals surface area contributed by atoms with Crippen LogP contribution in [0.25, 0.3) is 10.9 Å². The van der Waals surface area contributed by atoms with Crippen LogP contribution < -0.4 is 10.3 Å². The molecular weight excluding hydrogens is 448 g/mol. The smallest absolute Gasteiger partial charge is 0.252 e. The highest BCUT2D eigenvalue weighted by Crippen LogP contribution is 2.24. The van der Waals surface area contributed by atoms with E-state index < -0.39 is 0 Å². The summed E-state index contributed by atoms with van der Waals surface area (Å²) in [5.74, 6) is 0.770. The molecule has 0 fully saturated rings. The lowest BCUT2D eigenvalue weighted by atomic mass is 9.87. The standard InChI is InChI=1S/C31H36N2O3/c1-22-6-15-29-25(16-22)17-26(30(34)32-29)20-33(18-23-7-11-27(12-8-23)31(2,3)4)19-24-9-13-28(14-10-24)36-21-35-5/h6-17H,18-21H2,1-5H3,(H,32,34). The molecule has 0 saturated heterocycles. The average molecular weight is 485 g/mol. The molecule has 36 heavy (non-hydrogen) atoms. The molecule has 5 nitrogen and oxygen atoms in total. The number of ether oxygens (including phenoxy) is 2. The Balaban J connectivity index is 1.60. The number of aromatic amines is 1. The zero-order chi connectivity index (χ0) is 25.7. The van der Waals surface area contributed by atoms with Crippen LogP contribution >= 0.6 is 0 Å². The van der Waals surface area contributed by atoms with Gasteiger partial charge in [0.05, 0.1) is 0 Å². The fourth-order valence-electron chi connectivity index (χ4n) is 4.34. The van der Waals surface area contributed by atoms with Gasteiger partial charge in [0.15, 0.2) is 6.79 Å². The molecule has 4 aromatic rings. The molecule has 4 rings (SSSR count). The number of aromatic nitrogens is 1. The maximum Gasteiger partial charge on any atom is 0.252 e. The summed E-state index contributed by atoms with van der Waals surface area (Å²) in [6.45, 7) is 10.9. The van der Waals surface area contributed by atoms with E-state index in [9.17, 15) is 4.79 Å². The predicted octanol–water partition coefficient (Wildman–Crippen LogP) is 6.32. The first-order valence-electron chi connectivity index (χ1n) is 12.4. The Morgan fingerprint density at radius 3 is 2.08 bits per heavy atom. The van der Waals surface area contributed by atoms with Crippen LogP contribution in [0.15, 0.2) is 77.6 Å². The lowest BCUT2D eigenvalue weighted by Crippen LogP contribution is -2.26. The van der Waals surface area contributed by atoms with E-state index in [1.54, 1.807) is 7.11 Å². The van der Waals surface area contributed by atoms with Crippen molar-refractivity contribution >= 4 is 10.9 Å². The van der Waals surface area contributed by atoms with Crippen molar-refractivity contribution in [3.63, 3.8) is 0 Å². The third-order valence-corrected chi connectivity index (χ3v) is 6.37. The first-order valence-corrected chi connectivity index (χ1v) is 12.4. The number of methoxy groups -OCH3 is 1. The third-order valence-electron chi connectivity index (χ3n) is 6.37. The zero-order valence-electron chi connectivity index (χ0n) is 21.9. The van der Waals surface area contributed by atoms with Crippen LogP contribution in [0.3, 0.4) is 0 Å². The Bertz CT molecular complexity index is 1350. The molecule has 0 aliphatic heterocycles. The Labute approximate surface area is 213 Å². The largest absolute Gasteiger partial charge is 0.468 e. The molecule has 0 radical (unpaired) electrons. The number of hydrogen-bond acceptors (Lipinski definition) is 4. The highest BCUT2D eigenvalue weighted by atomic mass is 16.7.